The van der Waals surface area contributed by atoms with Gasteiger partial charge in [-0.2, -0.15) is 0 Å². The minimum atomic E-state index is 0.00386. The third-order valence-electron chi connectivity index (χ3n) is 10.5. The first-order valence-corrected chi connectivity index (χ1v) is 18.0. The molecule has 0 radical (unpaired) electrons. The lowest BCUT2D eigenvalue weighted by Gasteiger charge is -2.39. The van der Waals surface area contributed by atoms with Crippen LogP contribution in [-0.4, -0.2) is 0 Å². The predicted molar refractivity (Wildman–Crippen MR) is 210 cm³/mol. The Morgan fingerprint density at radius 1 is 0.429 bits per heavy atom. The first kappa shape index (κ1) is 32.5. The molecule has 0 amide bonds. The van der Waals surface area contributed by atoms with Crippen LogP contribution in [0.15, 0.2) is 157 Å². The number of aryl methyl sites for hydroxylation is 3. The summed E-state index contributed by atoms with van der Waals surface area (Å²) in [6.45, 7) is 8.65. The maximum Gasteiger partial charge on any atom is 0.0461 e. The average molecular weight is 641 g/mol. The van der Waals surface area contributed by atoms with Gasteiger partial charge in [0.1, 0.15) is 0 Å². The second-order valence-electron chi connectivity index (χ2n) is 14.1. The molecule has 1 fully saturated rings. The van der Waals surface area contributed by atoms with Gasteiger partial charge in [0.15, 0.2) is 0 Å². The van der Waals surface area contributed by atoms with Crippen LogP contribution in [-0.2, 0) is 5.41 Å². The Bertz CT molecular complexity index is 1910. The number of anilines is 5. The van der Waals surface area contributed by atoms with Gasteiger partial charge in [0.05, 0.1) is 0 Å². The summed E-state index contributed by atoms with van der Waals surface area (Å²) in [5, 5.41) is 0. The van der Waals surface area contributed by atoms with Crippen LogP contribution in [0.3, 0.4) is 0 Å². The molecule has 1 saturated carbocycles. The van der Waals surface area contributed by atoms with Crippen LogP contribution in [0.25, 0.3) is 0 Å². The highest BCUT2D eigenvalue weighted by Gasteiger charge is 2.36. The lowest BCUT2D eigenvalue weighted by molar-refractivity contribution is 0.346. The van der Waals surface area contributed by atoms with Crippen LogP contribution >= 0.6 is 0 Å². The second-order valence-corrected chi connectivity index (χ2v) is 14.1. The van der Waals surface area contributed by atoms with Crippen molar-refractivity contribution in [3.8, 4) is 0 Å². The molecule has 0 heterocycles. The zero-order chi connectivity index (χ0) is 33.8. The summed E-state index contributed by atoms with van der Waals surface area (Å²) in [6.07, 6.45) is 16.2. The Labute approximate surface area is 293 Å². The summed E-state index contributed by atoms with van der Waals surface area (Å²) in [4.78, 5) is 4.76. The minimum Gasteiger partial charge on any atom is -0.311 e. The van der Waals surface area contributed by atoms with E-state index in [9.17, 15) is 0 Å². The van der Waals surface area contributed by atoms with E-state index in [1.807, 2.05) is 0 Å². The summed E-state index contributed by atoms with van der Waals surface area (Å²) in [5.41, 5.74) is 15.1. The highest BCUT2D eigenvalue weighted by molar-refractivity contribution is 5.77. The van der Waals surface area contributed by atoms with Crippen molar-refractivity contribution in [2.24, 2.45) is 0 Å². The fraction of sp³-hybridized carbons (Fsp3) is 0.234. The summed E-state index contributed by atoms with van der Waals surface area (Å²) in [5.74, 6) is 0. The summed E-state index contributed by atoms with van der Waals surface area (Å²) in [7, 11) is 0. The van der Waals surface area contributed by atoms with E-state index in [-0.39, 0.29) is 5.41 Å². The lowest BCUT2D eigenvalue weighted by atomic mass is 9.65. The molecular weight excluding hydrogens is 593 g/mol. The molecule has 246 valence electrons. The molecule has 2 heteroatoms. The maximum atomic E-state index is 2.41. The molecule has 0 spiro atoms. The largest absolute Gasteiger partial charge is 0.311 e. The molecule has 0 N–H and O–H groups in total. The molecule has 5 aromatic rings. The number of nitrogens with zero attached hydrogens (tertiary/aromatic N) is 2. The van der Waals surface area contributed by atoms with E-state index in [1.54, 1.807) is 0 Å². The van der Waals surface area contributed by atoms with E-state index in [1.165, 1.54) is 99.6 Å². The van der Waals surface area contributed by atoms with Crippen molar-refractivity contribution in [3.05, 3.63) is 185 Å². The third-order valence-corrected chi connectivity index (χ3v) is 10.5. The molecule has 0 saturated heterocycles. The molecule has 5 aromatic carbocycles. The highest BCUT2D eigenvalue weighted by atomic mass is 15.1. The van der Waals surface area contributed by atoms with Crippen LogP contribution in [0.4, 0.5) is 28.4 Å². The topological polar surface area (TPSA) is 6.48 Å². The van der Waals surface area contributed by atoms with Gasteiger partial charge in [-0.1, -0.05) is 114 Å². The van der Waals surface area contributed by atoms with Crippen LogP contribution in [0.5, 0.6) is 0 Å². The van der Waals surface area contributed by atoms with Gasteiger partial charge in [0, 0.05) is 39.5 Å². The van der Waals surface area contributed by atoms with E-state index < -0.39 is 0 Å². The van der Waals surface area contributed by atoms with Crippen LogP contribution in [0.1, 0.15) is 73.3 Å². The fourth-order valence-corrected chi connectivity index (χ4v) is 7.60. The van der Waals surface area contributed by atoms with Crippen molar-refractivity contribution in [2.75, 3.05) is 9.80 Å². The molecule has 2 aliphatic carbocycles. The van der Waals surface area contributed by atoms with Gasteiger partial charge in [0.25, 0.3) is 0 Å². The van der Waals surface area contributed by atoms with Gasteiger partial charge in [-0.25, -0.2) is 0 Å². The van der Waals surface area contributed by atoms with Gasteiger partial charge >= 0.3 is 0 Å². The smallest absolute Gasteiger partial charge is 0.0461 e. The molecule has 2 nitrogen and oxygen atoms in total. The number of hydrogen-bond donors (Lipinski definition) is 0. The number of rotatable bonds is 8. The van der Waals surface area contributed by atoms with Gasteiger partial charge in [-0.05, 0) is 131 Å². The van der Waals surface area contributed by atoms with Gasteiger partial charge < -0.3 is 9.80 Å². The van der Waals surface area contributed by atoms with Crippen molar-refractivity contribution < 1.29 is 0 Å². The van der Waals surface area contributed by atoms with Gasteiger partial charge in [0.2, 0.25) is 0 Å². The van der Waals surface area contributed by atoms with Crippen LogP contribution < -0.4 is 9.80 Å². The fourth-order valence-electron chi connectivity index (χ4n) is 7.60. The van der Waals surface area contributed by atoms with Crippen molar-refractivity contribution in [2.45, 2.75) is 71.6 Å². The Morgan fingerprint density at radius 3 is 1.24 bits per heavy atom. The average Bonchev–Trinajstić information content (AvgIpc) is 3.36. The van der Waals surface area contributed by atoms with Crippen molar-refractivity contribution in [3.63, 3.8) is 0 Å². The molecule has 2 aliphatic rings. The quantitative estimate of drug-likeness (QED) is 0.166. The molecule has 0 aliphatic heterocycles. The Kier molecular flexibility index (Phi) is 9.40. The molecule has 0 aromatic heterocycles. The van der Waals surface area contributed by atoms with Crippen LogP contribution in [0, 0.1) is 20.8 Å². The van der Waals surface area contributed by atoms with E-state index in [0.29, 0.717) is 0 Å². The summed E-state index contributed by atoms with van der Waals surface area (Å²) < 4.78 is 0. The monoisotopic (exact) mass is 640 g/mol. The number of allylic oxidation sites excluding steroid dienone is 5. The number of benzene rings is 5. The Balaban J connectivity index is 1.25. The third kappa shape index (κ3) is 6.92. The van der Waals surface area contributed by atoms with Crippen molar-refractivity contribution >= 4 is 28.4 Å². The molecule has 0 atom stereocenters. The molecule has 0 unspecified atom stereocenters. The normalized spacial score (nSPS) is 15.6. The maximum absolute atomic E-state index is 2.41. The SMILES string of the molecule is CC1=CC=C(N(c2ccc(C)cc2)c2ccc(C3(c4ccc(N(c5ccc(C)cc5)c5ccc(C)cc5)cc4)CCCCC3)cc2)C=CC1. The predicted octanol–water partition coefficient (Wildman–Crippen LogP) is 13.3. The lowest BCUT2D eigenvalue weighted by Crippen LogP contribution is -2.30. The van der Waals surface area contributed by atoms with E-state index >= 15 is 0 Å². The number of hydrogen-bond acceptors (Lipinski definition) is 2. The Hall–Kier alpha value is -5.08. The van der Waals surface area contributed by atoms with E-state index in [4.69, 9.17) is 0 Å². The molecule has 49 heavy (non-hydrogen) atoms. The summed E-state index contributed by atoms with van der Waals surface area (Å²) in [6, 6.07) is 45.6. The summed E-state index contributed by atoms with van der Waals surface area (Å²) >= 11 is 0. The second kappa shape index (κ2) is 14.2. The molecular formula is C47H48N2. The highest BCUT2D eigenvalue weighted by Crippen LogP contribution is 2.47. The van der Waals surface area contributed by atoms with Gasteiger partial charge in [-0.3, -0.25) is 0 Å². The Morgan fingerprint density at radius 2 is 0.816 bits per heavy atom. The molecule has 7 rings (SSSR count). The first-order chi connectivity index (χ1) is 23.9. The van der Waals surface area contributed by atoms with E-state index in [2.05, 4.69) is 183 Å². The van der Waals surface area contributed by atoms with E-state index in [0.717, 1.165) is 6.42 Å². The zero-order valence-corrected chi connectivity index (χ0v) is 29.5. The van der Waals surface area contributed by atoms with Crippen molar-refractivity contribution in [1.82, 2.24) is 0 Å². The van der Waals surface area contributed by atoms with Crippen molar-refractivity contribution in [1.29, 1.82) is 0 Å². The van der Waals surface area contributed by atoms with Crippen LogP contribution in [0.2, 0.25) is 0 Å². The first-order valence-electron chi connectivity index (χ1n) is 18.0. The molecule has 0 bridgehead atoms. The minimum absolute atomic E-state index is 0.00386. The standard InChI is InChI=1S/C47H48N2/c1-35-9-8-10-41(22-11-35)48(42-23-12-36(2)13-24-42)45-29-18-39(19-30-45)47(33-6-5-7-34-47)40-20-31-46(32-21-40)49(43-25-14-37(3)15-26-43)44-27-16-38(4)17-28-44/h8,10-32H,5-7,9,33-34H2,1-4H3. The van der Waals surface area contributed by atoms with Gasteiger partial charge in [-0.15, -0.1) is 0 Å². The zero-order valence-electron chi connectivity index (χ0n) is 29.5.